The first-order valence-electron chi connectivity index (χ1n) is 8.21. The molecular weight excluding hydrogens is 370 g/mol. The molecule has 2 amide bonds. The summed E-state index contributed by atoms with van der Waals surface area (Å²) in [6, 6.07) is 8.15. The van der Waals surface area contributed by atoms with Gasteiger partial charge >= 0.3 is 0 Å². The number of nitrogens with zero attached hydrogens (tertiary/aromatic N) is 3. The highest BCUT2D eigenvalue weighted by Gasteiger charge is 2.23. The van der Waals surface area contributed by atoms with Gasteiger partial charge in [-0.1, -0.05) is 17.7 Å². The molecule has 0 aliphatic rings. The van der Waals surface area contributed by atoms with Crippen LogP contribution in [0.1, 0.15) is 17.0 Å². The maximum Gasteiger partial charge on any atom is 0.260 e. The third-order valence-corrected chi connectivity index (χ3v) is 5.65. The smallest absolute Gasteiger partial charge is 0.260 e. The van der Waals surface area contributed by atoms with Crippen LogP contribution in [0, 0.1) is 20.8 Å². The summed E-state index contributed by atoms with van der Waals surface area (Å²) in [4.78, 5) is 23.9. The Bertz CT molecular complexity index is 935. The van der Waals surface area contributed by atoms with Crippen molar-refractivity contribution in [1.82, 2.24) is 24.9 Å². The number of aryl methyl sites for hydroxylation is 3. The lowest BCUT2D eigenvalue weighted by molar-refractivity contribution is -0.129. The molecule has 2 N–H and O–H groups in total. The molecule has 0 aliphatic heterocycles. The van der Waals surface area contributed by atoms with E-state index in [0.717, 1.165) is 21.3 Å². The van der Waals surface area contributed by atoms with Crippen LogP contribution in [0.5, 0.6) is 0 Å². The molecule has 146 valence electrons. The van der Waals surface area contributed by atoms with Crippen molar-refractivity contribution in [1.29, 1.82) is 0 Å². The molecule has 1 aromatic heterocycles. The minimum Gasteiger partial charge on any atom is -0.272 e. The van der Waals surface area contributed by atoms with Gasteiger partial charge in [-0.05, 0) is 39.0 Å². The maximum absolute atomic E-state index is 12.4. The zero-order valence-electron chi connectivity index (χ0n) is 15.7. The molecule has 1 aromatic carbocycles. The molecule has 0 atom stereocenters. The van der Waals surface area contributed by atoms with E-state index < -0.39 is 28.4 Å². The topological polar surface area (TPSA) is 113 Å². The van der Waals surface area contributed by atoms with Gasteiger partial charge in [-0.25, -0.2) is 8.42 Å². The van der Waals surface area contributed by atoms with Crippen LogP contribution in [-0.2, 0) is 26.2 Å². The largest absolute Gasteiger partial charge is 0.272 e. The van der Waals surface area contributed by atoms with Crippen LogP contribution in [0.4, 0.5) is 0 Å². The standard InChI is InChI=1S/C17H23N5O4S/c1-12-5-7-15(8-6-12)27(25,26)21(4)10-16(23)18-19-17(24)11-22-14(3)9-13(2)20-22/h5-9H,10-11H2,1-4H3,(H,18,23)(H,19,24). The van der Waals surface area contributed by atoms with E-state index in [4.69, 9.17) is 0 Å². The van der Waals surface area contributed by atoms with E-state index in [0.29, 0.717) is 0 Å². The van der Waals surface area contributed by atoms with Crippen molar-refractivity contribution in [2.24, 2.45) is 0 Å². The summed E-state index contributed by atoms with van der Waals surface area (Å²) < 4.78 is 27.3. The molecule has 2 rings (SSSR count). The fraction of sp³-hybridized carbons (Fsp3) is 0.353. The van der Waals surface area contributed by atoms with Crippen LogP contribution < -0.4 is 10.9 Å². The van der Waals surface area contributed by atoms with Crippen molar-refractivity contribution in [3.05, 3.63) is 47.3 Å². The first kappa shape index (κ1) is 20.6. The van der Waals surface area contributed by atoms with Gasteiger partial charge in [0.15, 0.2) is 0 Å². The van der Waals surface area contributed by atoms with Crippen LogP contribution in [-0.4, -0.2) is 47.9 Å². The van der Waals surface area contributed by atoms with Crippen molar-refractivity contribution in [2.75, 3.05) is 13.6 Å². The summed E-state index contributed by atoms with van der Waals surface area (Å²) in [5.74, 6) is -1.13. The van der Waals surface area contributed by atoms with Crippen molar-refractivity contribution in [3.63, 3.8) is 0 Å². The van der Waals surface area contributed by atoms with Crippen LogP contribution in [0.15, 0.2) is 35.2 Å². The number of carbonyl (C=O) groups is 2. The minimum absolute atomic E-state index is 0.0581. The number of hydrazine groups is 1. The summed E-state index contributed by atoms with van der Waals surface area (Å²) >= 11 is 0. The Hall–Kier alpha value is -2.72. The lowest BCUT2D eigenvalue weighted by Crippen LogP contribution is -2.47. The predicted octanol–water partition coefficient (Wildman–Crippen LogP) is 0.276. The third kappa shape index (κ3) is 5.38. The van der Waals surface area contributed by atoms with Gasteiger partial charge in [-0.2, -0.15) is 9.40 Å². The van der Waals surface area contributed by atoms with Gasteiger partial charge in [0.25, 0.3) is 11.8 Å². The molecule has 0 saturated carbocycles. The van der Waals surface area contributed by atoms with Crippen LogP contribution in [0.2, 0.25) is 0 Å². The molecule has 0 saturated heterocycles. The number of nitrogens with one attached hydrogen (secondary N) is 2. The molecule has 0 aliphatic carbocycles. The van der Waals surface area contributed by atoms with Gasteiger partial charge in [0.2, 0.25) is 10.0 Å². The fourth-order valence-corrected chi connectivity index (χ4v) is 3.49. The highest BCUT2D eigenvalue weighted by atomic mass is 32.2. The Balaban J connectivity index is 1.88. The van der Waals surface area contributed by atoms with Crippen LogP contribution >= 0.6 is 0 Å². The van der Waals surface area contributed by atoms with Crippen molar-refractivity contribution < 1.29 is 18.0 Å². The Kier molecular flexibility index (Phi) is 6.34. The maximum atomic E-state index is 12.4. The SMILES string of the molecule is Cc1ccc(S(=O)(=O)N(C)CC(=O)NNC(=O)Cn2nc(C)cc2C)cc1. The second-order valence-electron chi connectivity index (χ2n) is 6.26. The fourth-order valence-electron chi connectivity index (χ4n) is 2.37. The lowest BCUT2D eigenvalue weighted by atomic mass is 10.2. The number of benzene rings is 1. The van der Waals surface area contributed by atoms with Gasteiger partial charge in [-0.3, -0.25) is 25.1 Å². The number of carbonyl (C=O) groups excluding carboxylic acids is 2. The molecule has 0 radical (unpaired) electrons. The zero-order valence-corrected chi connectivity index (χ0v) is 16.5. The molecule has 10 heteroatoms. The van der Waals surface area contributed by atoms with Gasteiger partial charge in [-0.15, -0.1) is 0 Å². The minimum atomic E-state index is -3.80. The predicted molar refractivity (Wildman–Crippen MR) is 99.0 cm³/mol. The second kappa shape index (κ2) is 8.31. The normalized spacial score (nSPS) is 11.4. The first-order valence-corrected chi connectivity index (χ1v) is 9.65. The number of sulfonamides is 1. The van der Waals surface area contributed by atoms with E-state index >= 15 is 0 Å². The zero-order chi connectivity index (χ0) is 20.2. The monoisotopic (exact) mass is 393 g/mol. The molecule has 27 heavy (non-hydrogen) atoms. The van der Waals surface area contributed by atoms with E-state index in [2.05, 4.69) is 16.0 Å². The number of amides is 2. The molecule has 0 bridgehead atoms. The van der Waals surface area contributed by atoms with E-state index in [1.165, 1.54) is 23.9 Å². The van der Waals surface area contributed by atoms with Crippen molar-refractivity contribution in [3.8, 4) is 0 Å². The van der Waals surface area contributed by atoms with E-state index in [-0.39, 0.29) is 11.4 Å². The molecule has 0 unspecified atom stereocenters. The number of aromatic nitrogens is 2. The summed E-state index contributed by atoms with van der Waals surface area (Å²) in [6.45, 7) is 4.99. The van der Waals surface area contributed by atoms with Crippen LogP contribution in [0.25, 0.3) is 0 Å². The number of rotatable bonds is 6. The van der Waals surface area contributed by atoms with Gasteiger partial charge in [0, 0.05) is 12.7 Å². The first-order chi connectivity index (χ1) is 12.6. The van der Waals surface area contributed by atoms with Gasteiger partial charge in [0.1, 0.15) is 6.54 Å². The highest BCUT2D eigenvalue weighted by Crippen LogP contribution is 2.14. The number of likely N-dealkylation sites (N-methyl/N-ethyl adjacent to an activating group) is 1. The van der Waals surface area contributed by atoms with E-state index in [9.17, 15) is 18.0 Å². The second-order valence-corrected chi connectivity index (χ2v) is 8.30. The molecule has 1 heterocycles. The summed E-state index contributed by atoms with van der Waals surface area (Å²) in [5, 5.41) is 4.15. The lowest BCUT2D eigenvalue weighted by Gasteiger charge is -2.17. The summed E-state index contributed by atoms with van der Waals surface area (Å²) in [5.41, 5.74) is 6.99. The molecule has 9 nitrogen and oxygen atoms in total. The molecule has 0 fully saturated rings. The average Bonchev–Trinajstić information content (AvgIpc) is 2.90. The summed E-state index contributed by atoms with van der Waals surface area (Å²) in [7, 11) is -2.50. The quantitative estimate of drug-likeness (QED) is 0.684. The Labute approximate surface area is 158 Å². The van der Waals surface area contributed by atoms with Gasteiger partial charge in [0.05, 0.1) is 17.1 Å². The number of hydrogen-bond donors (Lipinski definition) is 2. The summed E-state index contributed by atoms with van der Waals surface area (Å²) in [6.07, 6.45) is 0. The number of hydrogen-bond acceptors (Lipinski definition) is 5. The third-order valence-electron chi connectivity index (χ3n) is 3.83. The van der Waals surface area contributed by atoms with E-state index in [1.807, 2.05) is 26.8 Å². The van der Waals surface area contributed by atoms with Crippen molar-refractivity contribution in [2.45, 2.75) is 32.2 Å². The Morgan fingerprint density at radius 1 is 1.07 bits per heavy atom. The van der Waals surface area contributed by atoms with Crippen molar-refractivity contribution >= 4 is 21.8 Å². The van der Waals surface area contributed by atoms with E-state index in [1.54, 1.807) is 12.1 Å². The Morgan fingerprint density at radius 3 is 2.22 bits per heavy atom. The highest BCUT2D eigenvalue weighted by molar-refractivity contribution is 7.89. The van der Waals surface area contributed by atoms with Crippen LogP contribution in [0.3, 0.4) is 0 Å². The molecule has 2 aromatic rings. The Morgan fingerprint density at radius 2 is 1.67 bits per heavy atom. The molecule has 0 spiro atoms. The average molecular weight is 393 g/mol. The molecular formula is C17H23N5O4S. The van der Waals surface area contributed by atoms with Gasteiger partial charge < -0.3 is 0 Å².